The largest absolute Gasteiger partial charge is 1.00 e. The second-order valence-corrected chi connectivity index (χ2v) is 8.76. The molecule has 2 atom stereocenters. The van der Waals surface area contributed by atoms with E-state index in [1.54, 1.807) is 0 Å². The zero-order valence-electron chi connectivity index (χ0n) is 16.8. The van der Waals surface area contributed by atoms with Gasteiger partial charge >= 0.3 is 29.6 Å². The van der Waals surface area contributed by atoms with Gasteiger partial charge in [-0.2, -0.15) is 0 Å². The van der Waals surface area contributed by atoms with Gasteiger partial charge in [-0.15, -0.1) is 0 Å². The molecule has 0 aromatic rings. The van der Waals surface area contributed by atoms with Crippen LogP contribution in [0.3, 0.4) is 0 Å². The molecule has 0 rings (SSSR count). The van der Waals surface area contributed by atoms with Gasteiger partial charge in [0.15, 0.2) is 0 Å². The van der Waals surface area contributed by atoms with Crippen LogP contribution in [0.4, 0.5) is 0 Å². The fourth-order valence-corrected chi connectivity index (χ4v) is 4.03. The van der Waals surface area contributed by atoms with Crippen molar-refractivity contribution >= 4 is 10.1 Å². The van der Waals surface area contributed by atoms with E-state index in [-0.39, 0.29) is 29.6 Å². The number of hydrogen-bond acceptors (Lipinski definition) is 4. The van der Waals surface area contributed by atoms with Crippen LogP contribution in [0.2, 0.25) is 0 Å². The molecule has 0 fully saturated rings. The minimum Gasteiger partial charge on any atom is -0.748 e. The molecule has 0 aliphatic carbocycles. The van der Waals surface area contributed by atoms with Crippen molar-refractivity contribution in [3.05, 3.63) is 0 Å². The van der Waals surface area contributed by atoms with E-state index < -0.39 is 21.5 Å². The monoisotopic (exact) mass is 386 g/mol. The Morgan fingerprint density at radius 1 is 0.720 bits per heavy atom. The van der Waals surface area contributed by atoms with Crippen molar-refractivity contribution in [2.75, 3.05) is 0 Å². The van der Waals surface area contributed by atoms with Crippen LogP contribution in [0.25, 0.3) is 0 Å². The number of rotatable bonds is 17. The van der Waals surface area contributed by atoms with Gasteiger partial charge in [-0.1, -0.05) is 84.5 Å². The Hall–Kier alpha value is 0.870. The summed E-state index contributed by atoms with van der Waals surface area (Å²) in [7, 11) is -4.25. The van der Waals surface area contributed by atoms with Gasteiger partial charge in [0.25, 0.3) is 0 Å². The standard InChI is InChI=1S/C19H40O4S.Na/c1-3-5-6-7-8-9-10-11-12-13-15-19(24(21,22)23)17-16-18(20)14-4-2;/h18-20H,3-17H2,1-2H3,(H,21,22,23);/q;+1/p-1. The van der Waals surface area contributed by atoms with Crippen LogP contribution in [0.5, 0.6) is 0 Å². The van der Waals surface area contributed by atoms with Crippen LogP contribution in [0.15, 0.2) is 0 Å². The van der Waals surface area contributed by atoms with Gasteiger partial charge in [-0.05, 0) is 25.7 Å². The topological polar surface area (TPSA) is 77.4 Å². The number of aliphatic hydroxyl groups is 1. The molecule has 1 N–H and O–H groups in total. The molecule has 0 bridgehead atoms. The Balaban J connectivity index is 0. The van der Waals surface area contributed by atoms with Gasteiger partial charge < -0.3 is 9.66 Å². The van der Waals surface area contributed by atoms with Crippen LogP contribution in [0, 0.1) is 0 Å². The van der Waals surface area contributed by atoms with Crippen LogP contribution >= 0.6 is 0 Å². The second-order valence-electron chi connectivity index (χ2n) is 7.11. The molecule has 4 nitrogen and oxygen atoms in total. The predicted molar refractivity (Wildman–Crippen MR) is 100 cm³/mol. The van der Waals surface area contributed by atoms with Gasteiger partial charge in [0.1, 0.15) is 0 Å². The number of hydrogen-bond donors (Lipinski definition) is 1. The summed E-state index contributed by atoms with van der Waals surface area (Å²) in [6.45, 7) is 4.20. The van der Waals surface area contributed by atoms with Crippen molar-refractivity contribution < 1.29 is 47.6 Å². The summed E-state index contributed by atoms with van der Waals surface area (Å²) in [4.78, 5) is 0. The van der Waals surface area contributed by atoms with E-state index in [9.17, 15) is 18.1 Å². The van der Waals surface area contributed by atoms with Gasteiger partial charge in [-0.3, -0.25) is 0 Å². The van der Waals surface area contributed by atoms with Gasteiger partial charge in [0.2, 0.25) is 0 Å². The second kappa shape index (κ2) is 18.2. The van der Waals surface area contributed by atoms with Gasteiger partial charge in [0, 0.05) is 5.25 Å². The van der Waals surface area contributed by atoms with E-state index in [2.05, 4.69) is 6.92 Å². The smallest absolute Gasteiger partial charge is 0.748 e. The molecule has 0 aliphatic heterocycles. The SMILES string of the molecule is CCCCCCCCCCCCC(CCC(O)CCC)S(=O)(=O)[O-].[Na+]. The molecule has 146 valence electrons. The van der Waals surface area contributed by atoms with Crippen molar-refractivity contribution in [1.29, 1.82) is 0 Å². The molecule has 2 unspecified atom stereocenters. The zero-order valence-corrected chi connectivity index (χ0v) is 19.7. The molecule has 0 spiro atoms. The van der Waals surface area contributed by atoms with Crippen molar-refractivity contribution in [2.45, 2.75) is 122 Å². The number of unbranched alkanes of at least 4 members (excludes halogenated alkanes) is 9. The predicted octanol–water partition coefficient (Wildman–Crippen LogP) is 2.16. The summed E-state index contributed by atoms with van der Waals surface area (Å²) in [6, 6.07) is 0. The molecular weight excluding hydrogens is 347 g/mol. The summed E-state index contributed by atoms with van der Waals surface area (Å²) >= 11 is 0. The third-order valence-electron chi connectivity index (χ3n) is 4.73. The maximum Gasteiger partial charge on any atom is 1.00 e. The maximum absolute atomic E-state index is 11.4. The molecule has 0 aromatic carbocycles. The van der Waals surface area contributed by atoms with Crippen molar-refractivity contribution in [3.8, 4) is 0 Å². The summed E-state index contributed by atoms with van der Waals surface area (Å²) in [5.74, 6) is 0. The fourth-order valence-electron chi connectivity index (χ4n) is 3.15. The van der Waals surface area contributed by atoms with E-state index in [1.165, 1.54) is 44.9 Å². The van der Waals surface area contributed by atoms with E-state index in [4.69, 9.17) is 0 Å². The molecule has 0 saturated heterocycles. The summed E-state index contributed by atoms with van der Waals surface area (Å²) in [5, 5.41) is 8.89. The van der Waals surface area contributed by atoms with E-state index in [0.29, 0.717) is 25.7 Å². The van der Waals surface area contributed by atoms with Crippen LogP contribution in [-0.2, 0) is 10.1 Å². The van der Waals surface area contributed by atoms with E-state index in [1.807, 2.05) is 6.92 Å². The fraction of sp³-hybridized carbons (Fsp3) is 1.00. The Kier molecular flexibility index (Phi) is 20.5. The third-order valence-corrected chi connectivity index (χ3v) is 6.02. The molecule has 0 aromatic heterocycles. The van der Waals surface area contributed by atoms with Crippen molar-refractivity contribution in [1.82, 2.24) is 0 Å². The van der Waals surface area contributed by atoms with E-state index >= 15 is 0 Å². The molecular formula is C19H39NaO4S. The quantitative estimate of drug-likeness (QED) is 0.236. The maximum atomic E-state index is 11.4. The normalized spacial score (nSPS) is 14.1. The molecule has 6 heteroatoms. The first-order valence-corrected chi connectivity index (χ1v) is 11.5. The van der Waals surface area contributed by atoms with Crippen molar-refractivity contribution in [3.63, 3.8) is 0 Å². The van der Waals surface area contributed by atoms with Gasteiger partial charge in [-0.25, -0.2) is 8.42 Å². The zero-order chi connectivity index (χ0) is 18.3. The first-order valence-electron chi connectivity index (χ1n) is 10.0. The summed E-state index contributed by atoms with van der Waals surface area (Å²) in [6.07, 6.45) is 14.2. The molecule has 0 aliphatic rings. The summed E-state index contributed by atoms with van der Waals surface area (Å²) in [5.41, 5.74) is 0. The van der Waals surface area contributed by atoms with Crippen molar-refractivity contribution in [2.24, 2.45) is 0 Å². The minimum absolute atomic E-state index is 0. The molecule has 0 amide bonds. The van der Waals surface area contributed by atoms with Crippen LogP contribution < -0.4 is 29.6 Å². The number of aliphatic hydroxyl groups excluding tert-OH is 1. The Morgan fingerprint density at radius 2 is 1.20 bits per heavy atom. The first-order chi connectivity index (χ1) is 11.4. The molecule has 25 heavy (non-hydrogen) atoms. The average molecular weight is 387 g/mol. The Labute approximate surface area is 178 Å². The Bertz CT molecular complexity index is 374. The first kappa shape index (κ1) is 28.1. The Morgan fingerprint density at radius 3 is 1.64 bits per heavy atom. The molecule has 0 saturated carbocycles. The van der Waals surface area contributed by atoms with Crippen LogP contribution in [-0.4, -0.2) is 29.4 Å². The summed E-state index contributed by atoms with van der Waals surface area (Å²) < 4.78 is 34.1. The average Bonchev–Trinajstić information content (AvgIpc) is 2.51. The molecule has 0 heterocycles. The van der Waals surface area contributed by atoms with Crippen LogP contribution in [0.1, 0.15) is 110 Å². The minimum atomic E-state index is -4.25. The molecule has 0 radical (unpaired) electrons. The van der Waals surface area contributed by atoms with Gasteiger partial charge in [0.05, 0.1) is 16.2 Å². The third kappa shape index (κ3) is 18.0. The van der Waals surface area contributed by atoms with E-state index in [0.717, 1.165) is 25.7 Å².